The highest BCUT2D eigenvalue weighted by atomic mass is 32.2. The lowest BCUT2D eigenvalue weighted by Crippen LogP contribution is -2.55. The third-order valence-electron chi connectivity index (χ3n) is 5.31. The van der Waals surface area contributed by atoms with Gasteiger partial charge >= 0.3 is 0 Å². The summed E-state index contributed by atoms with van der Waals surface area (Å²) in [5.74, 6) is -3.75. The van der Waals surface area contributed by atoms with Gasteiger partial charge in [-0.05, 0) is 37.3 Å². The number of hydrogen-bond donors (Lipinski definition) is 3. The minimum Gasteiger partial charge on any atom is -0.494 e. The van der Waals surface area contributed by atoms with Crippen LogP contribution in [0.2, 0.25) is 0 Å². The van der Waals surface area contributed by atoms with Crippen molar-refractivity contribution in [2.24, 2.45) is 0 Å². The number of thioether (sulfide) groups is 1. The summed E-state index contributed by atoms with van der Waals surface area (Å²) >= 11 is 1.16. The normalized spacial score (nSPS) is 24.9. The molecule has 1 aliphatic rings. The predicted octanol–water partition coefficient (Wildman–Crippen LogP) is 2.53. The molecule has 1 aromatic heterocycles. The molecule has 0 radical (unpaired) electrons. The van der Waals surface area contributed by atoms with Crippen LogP contribution < -0.4 is 4.74 Å². The Labute approximate surface area is 196 Å². The maximum absolute atomic E-state index is 13.6. The van der Waals surface area contributed by atoms with E-state index in [9.17, 15) is 28.5 Å². The van der Waals surface area contributed by atoms with Gasteiger partial charge in [0, 0.05) is 10.5 Å². The summed E-state index contributed by atoms with van der Waals surface area (Å²) in [4.78, 5) is 0.721. The molecule has 1 saturated heterocycles. The van der Waals surface area contributed by atoms with Crippen LogP contribution in [0.25, 0.3) is 11.3 Å². The Balaban J connectivity index is 1.61. The van der Waals surface area contributed by atoms with Crippen LogP contribution in [0.3, 0.4) is 0 Å². The first kappa shape index (κ1) is 24.5. The molecule has 3 aromatic rings. The Morgan fingerprint density at radius 1 is 1.12 bits per heavy atom. The second-order valence-corrected chi connectivity index (χ2v) is 8.73. The molecule has 0 amide bonds. The van der Waals surface area contributed by atoms with E-state index in [0.29, 0.717) is 12.4 Å². The monoisotopic (exact) mass is 497 g/mol. The number of aliphatic hydroxyl groups excluding tert-OH is 3. The van der Waals surface area contributed by atoms with E-state index in [-0.39, 0.29) is 11.3 Å². The molecule has 34 heavy (non-hydrogen) atoms. The number of benzene rings is 2. The quantitative estimate of drug-likeness (QED) is 0.428. The van der Waals surface area contributed by atoms with Gasteiger partial charge in [-0.1, -0.05) is 23.0 Å². The van der Waals surface area contributed by atoms with Crippen molar-refractivity contribution in [1.29, 1.82) is 0 Å². The first-order chi connectivity index (χ1) is 16.3. The third kappa shape index (κ3) is 4.91. The Morgan fingerprint density at radius 3 is 2.53 bits per heavy atom. The van der Waals surface area contributed by atoms with Crippen LogP contribution in [0.5, 0.6) is 5.75 Å². The molecule has 182 valence electrons. The van der Waals surface area contributed by atoms with Crippen molar-refractivity contribution in [2.45, 2.75) is 41.6 Å². The number of ether oxygens (including phenoxy) is 2. The number of aromatic nitrogens is 3. The maximum Gasteiger partial charge on any atom is 0.194 e. The fourth-order valence-electron chi connectivity index (χ4n) is 3.67. The molecule has 5 atom stereocenters. The molecule has 5 unspecified atom stereocenters. The number of nitrogens with zero attached hydrogens (tertiary/aromatic N) is 3. The molecular formula is C22H22F3N3O5S. The lowest BCUT2D eigenvalue weighted by molar-refractivity contribution is -0.178. The smallest absolute Gasteiger partial charge is 0.194 e. The van der Waals surface area contributed by atoms with E-state index in [1.807, 2.05) is 6.92 Å². The van der Waals surface area contributed by atoms with Crippen molar-refractivity contribution in [3.8, 4) is 17.0 Å². The van der Waals surface area contributed by atoms with Crippen LogP contribution in [-0.2, 0) is 4.74 Å². The van der Waals surface area contributed by atoms with Crippen LogP contribution in [-0.4, -0.2) is 67.3 Å². The van der Waals surface area contributed by atoms with E-state index in [2.05, 4.69) is 10.3 Å². The zero-order valence-electron chi connectivity index (χ0n) is 17.9. The van der Waals surface area contributed by atoms with Crippen molar-refractivity contribution < 1.29 is 38.0 Å². The topological polar surface area (TPSA) is 110 Å². The summed E-state index contributed by atoms with van der Waals surface area (Å²) in [7, 11) is 0. The molecule has 0 spiro atoms. The van der Waals surface area contributed by atoms with Crippen molar-refractivity contribution in [2.75, 3.05) is 13.2 Å². The molecule has 12 heteroatoms. The summed E-state index contributed by atoms with van der Waals surface area (Å²) in [6.45, 7) is 1.80. The minimum atomic E-state index is -1.61. The average molecular weight is 497 g/mol. The van der Waals surface area contributed by atoms with Gasteiger partial charge in [-0.3, -0.25) is 0 Å². The molecule has 2 aromatic carbocycles. The third-order valence-corrected chi connectivity index (χ3v) is 6.46. The van der Waals surface area contributed by atoms with E-state index >= 15 is 0 Å². The summed E-state index contributed by atoms with van der Waals surface area (Å²) in [6, 6.07) is 7.56. The second kappa shape index (κ2) is 10.3. The fourth-order valence-corrected chi connectivity index (χ4v) is 4.78. The van der Waals surface area contributed by atoms with Crippen LogP contribution >= 0.6 is 11.8 Å². The summed E-state index contributed by atoms with van der Waals surface area (Å²) in [5, 5.41) is 39.2. The molecule has 0 bridgehead atoms. The molecule has 8 nitrogen and oxygen atoms in total. The number of aliphatic hydroxyl groups is 3. The highest BCUT2D eigenvalue weighted by Gasteiger charge is 2.46. The molecule has 2 heterocycles. The first-order valence-electron chi connectivity index (χ1n) is 10.4. The van der Waals surface area contributed by atoms with Gasteiger partial charge in [-0.2, -0.15) is 0 Å². The molecule has 4 rings (SSSR count). The molecule has 3 N–H and O–H groups in total. The SMILES string of the molecule is CCOc1cccc(SC2OC(CO)C(O)C(n3cc(-c4cc(F)c(F)c(F)c4)nn3)C2O)c1. The zero-order valence-corrected chi connectivity index (χ0v) is 18.7. The Morgan fingerprint density at radius 2 is 1.85 bits per heavy atom. The second-order valence-electron chi connectivity index (χ2n) is 7.56. The van der Waals surface area contributed by atoms with E-state index in [0.717, 1.165) is 33.5 Å². The van der Waals surface area contributed by atoms with E-state index in [1.165, 1.54) is 6.20 Å². The summed E-state index contributed by atoms with van der Waals surface area (Å²) < 4.78 is 52.9. The molecule has 0 aliphatic carbocycles. The highest BCUT2D eigenvalue weighted by molar-refractivity contribution is 7.99. The zero-order chi connectivity index (χ0) is 24.4. The average Bonchev–Trinajstić information content (AvgIpc) is 3.29. The van der Waals surface area contributed by atoms with Gasteiger partial charge in [0.15, 0.2) is 17.5 Å². The molecular weight excluding hydrogens is 475 g/mol. The van der Waals surface area contributed by atoms with Crippen LogP contribution in [0, 0.1) is 17.5 Å². The molecule has 0 saturated carbocycles. The van der Waals surface area contributed by atoms with Gasteiger partial charge in [0.05, 0.1) is 19.4 Å². The Kier molecular flexibility index (Phi) is 7.43. The largest absolute Gasteiger partial charge is 0.494 e. The number of hydrogen-bond acceptors (Lipinski definition) is 8. The Hall–Kier alpha value is -2.64. The van der Waals surface area contributed by atoms with Gasteiger partial charge in [-0.25, -0.2) is 17.9 Å². The highest BCUT2D eigenvalue weighted by Crippen LogP contribution is 2.39. The van der Waals surface area contributed by atoms with Gasteiger partial charge in [0.2, 0.25) is 0 Å². The van der Waals surface area contributed by atoms with E-state index in [4.69, 9.17) is 9.47 Å². The van der Waals surface area contributed by atoms with Crippen molar-refractivity contribution in [3.63, 3.8) is 0 Å². The van der Waals surface area contributed by atoms with Crippen LogP contribution in [0.15, 0.2) is 47.5 Å². The van der Waals surface area contributed by atoms with Gasteiger partial charge in [-0.15, -0.1) is 5.10 Å². The van der Waals surface area contributed by atoms with Crippen molar-refractivity contribution >= 4 is 11.8 Å². The van der Waals surface area contributed by atoms with E-state index < -0.39 is 53.8 Å². The predicted molar refractivity (Wildman–Crippen MR) is 116 cm³/mol. The van der Waals surface area contributed by atoms with Crippen LogP contribution in [0.1, 0.15) is 13.0 Å². The summed E-state index contributed by atoms with van der Waals surface area (Å²) in [5.41, 5.74) is -0.982. The Bertz CT molecular complexity index is 1130. The van der Waals surface area contributed by atoms with Gasteiger partial charge in [0.25, 0.3) is 0 Å². The molecule has 1 fully saturated rings. The lowest BCUT2D eigenvalue weighted by atomic mass is 9.97. The standard InChI is InChI=1S/C22H22F3N3O5S/c1-2-32-12-4-3-5-13(8-12)34-22-21(31)19(20(30)17(10-29)33-22)28-9-16(26-27-28)11-6-14(23)18(25)15(24)7-11/h3-9,17,19-22,29-31H,2,10H2,1H3. The lowest BCUT2D eigenvalue weighted by Gasteiger charge is -2.41. The van der Waals surface area contributed by atoms with Crippen molar-refractivity contribution in [1.82, 2.24) is 15.0 Å². The maximum atomic E-state index is 13.6. The number of halogens is 3. The molecule has 1 aliphatic heterocycles. The van der Waals surface area contributed by atoms with Gasteiger partial charge in [0.1, 0.15) is 41.2 Å². The minimum absolute atomic E-state index is 0.00198. The van der Waals surface area contributed by atoms with Gasteiger partial charge < -0.3 is 24.8 Å². The first-order valence-corrected chi connectivity index (χ1v) is 11.3. The van der Waals surface area contributed by atoms with E-state index in [1.54, 1.807) is 24.3 Å². The number of rotatable bonds is 7. The fraction of sp³-hybridized carbons (Fsp3) is 0.364. The van der Waals surface area contributed by atoms with Crippen LogP contribution in [0.4, 0.5) is 13.2 Å². The summed E-state index contributed by atoms with van der Waals surface area (Å²) in [6.07, 6.45) is -2.47. The van der Waals surface area contributed by atoms with Crippen molar-refractivity contribution in [3.05, 3.63) is 60.0 Å².